The molecule has 1 heterocycles. The first-order valence-electron chi connectivity index (χ1n) is 4.71. The summed E-state index contributed by atoms with van der Waals surface area (Å²) in [4.78, 5) is 33.2. The van der Waals surface area contributed by atoms with Crippen molar-refractivity contribution in [3.05, 3.63) is 21.9 Å². The van der Waals surface area contributed by atoms with Gasteiger partial charge in [-0.1, -0.05) is 0 Å². The SMILES string of the molecule is Cc1ccsc1C(=O)N[C@H](CC(=O)O)C(=O)O. The second-order valence-corrected chi connectivity index (χ2v) is 4.31. The lowest BCUT2D eigenvalue weighted by atomic mass is 10.2. The number of hydrogen-bond acceptors (Lipinski definition) is 4. The van der Waals surface area contributed by atoms with Crippen molar-refractivity contribution in [3.63, 3.8) is 0 Å². The molecule has 0 unspecified atom stereocenters. The summed E-state index contributed by atoms with van der Waals surface area (Å²) >= 11 is 1.18. The number of aryl methyl sites for hydroxylation is 1. The molecule has 0 radical (unpaired) electrons. The van der Waals surface area contributed by atoms with E-state index in [-0.39, 0.29) is 0 Å². The molecule has 1 aromatic heterocycles. The van der Waals surface area contributed by atoms with Crippen LogP contribution in [0.1, 0.15) is 21.7 Å². The van der Waals surface area contributed by atoms with Gasteiger partial charge in [0, 0.05) is 0 Å². The number of carboxylic acid groups (broad SMARTS) is 2. The standard InChI is InChI=1S/C10H11NO5S/c1-5-2-3-17-8(5)9(14)11-6(10(15)16)4-7(12)13/h2-3,6H,4H2,1H3,(H,11,14)(H,12,13)(H,15,16)/t6-/m1/s1. The molecule has 0 aromatic carbocycles. The maximum absolute atomic E-state index is 11.7. The van der Waals surface area contributed by atoms with Crippen molar-refractivity contribution in [2.45, 2.75) is 19.4 Å². The van der Waals surface area contributed by atoms with Crippen molar-refractivity contribution < 1.29 is 24.6 Å². The van der Waals surface area contributed by atoms with Crippen LogP contribution in [0.3, 0.4) is 0 Å². The average Bonchev–Trinajstić information content (AvgIpc) is 2.62. The molecule has 0 saturated heterocycles. The number of hydrogen-bond donors (Lipinski definition) is 3. The maximum atomic E-state index is 11.7. The summed E-state index contributed by atoms with van der Waals surface area (Å²) < 4.78 is 0. The fraction of sp³-hybridized carbons (Fsp3) is 0.300. The molecule has 0 spiro atoms. The molecule has 1 rings (SSSR count). The number of rotatable bonds is 5. The van der Waals surface area contributed by atoms with Gasteiger partial charge in [-0.2, -0.15) is 0 Å². The second-order valence-electron chi connectivity index (χ2n) is 3.39. The van der Waals surface area contributed by atoms with Crippen LogP contribution in [0.4, 0.5) is 0 Å². The van der Waals surface area contributed by atoms with Crippen LogP contribution in [0, 0.1) is 6.92 Å². The molecule has 92 valence electrons. The van der Waals surface area contributed by atoms with Gasteiger partial charge in [-0.15, -0.1) is 11.3 Å². The summed E-state index contributed by atoms with van der Waals surface area (Å²) in [5.41, 5.74) is 0.729. The Bertz CT molecular complexity index is 453. The lowest BCUT2D eigenvalue weighted by Crippen LogP contribution is -2.42. The molecule has 0 aliphatic heterocycles. The monoisotopic (exact) mass is 257 g/mol. The quantitative estimate of drug-likeness (QED) is 0.720. The Kier molecular flexibility index (Phi) is 4.22. The molecule has 0 saturated carbocycles. The van der Waals surface area contributed by atoms with Crippen molar-refractivity contribution in [1.29, 1.82) is 0 Å². The minimum absolute atomic E-state index is 0.390. The first-order chi connectivity index (χ1) is 7.91. The van der Waals surface area contributed by atoms with E-state index in [1.165, 1.54) is 11.3 Å². The highest BCUT2D eigenvalue weighted by Crippen LogP contribution is 2.15. The largest absolute Gasteiger partial charge is 0.481 e. The minimum Gasteiger partial charge on any atom is -0.481 e. The third-order valence-electron chi connectivity index (χ3n) is 2.05. The normalized spacial score (nSPS) is 11.8. The van der Waals surface area contributed by atoms with Crippen LogP contribution < -0.4 is 5.32 Å². The lowest BCUT2D eigenvalue weighted by Gasteiger charge is -2.11. The van der Waals surface area contributed by atoms with Gasteiger partial charge in [0.2, 0.25) is 0 Å². The lowest BCUT2D eigenvalue weighted by molar-refractivity contribution is -0.145. The summed E-state index contributed by atoms with van der Waals surface area (Å²) in [6, 6.07) is 0.313. The molecule has 17 heavy (non-hydrogen) atoms. The molecule has 0 fully saturated rings. The minimum atomic E-state index is -1.42. The Morgan fingerprint density at radius 3 is 2.47 bits per heavy atom. The topological polar surface area (TPSA) is 104 Å². The van der Waals surface area contributed by atoms with Crippen LogP contribution in [-0.2, 0) is 9.59 Å². The molecule has 7 heteroatoms. The van der Waals surface area contributed by atoms with Gasteiger partial charge in [-0.25, -0.2) is 4.79 Å². The highest BCUT2D eigenvalue weighted by Gasteiger charge is 2.24. The zero-order valence-corrected chi connectivity index (χ0v) is 9.78. The van der Waals surface area contributed by atoms with E-state index in [2.05, 4.69) is 5.32 Å². The van der Waals surface area contributed by atoms with Crippen molar-refractivity contribution in [1.82, 2.24) is 5.32 Å². The summed E-state index contributed by atoms with van der Waals surface area (Å²) in [6.07, 6.45) is -0.647. The van der Waals surface area contributed by atoms with E-state index in [0.29, 0.717) is 4.88 Å². The highest BCUT2D eigenvalue weighted by atomic mass is 32.1. The van der Waals surface area contributed by atoms with E-state index in [1.807, 2.05) is 0 Å². The summed E-state index contributed by atoms with van der Waals surface area (Å²) in [5, 5.41) is 21.2. The van der Waals surface area contributed by atoms with Crippen LogP contribution in [-0.4, -0.2) is 34.1 Å². The molecule has 1 amide bonds. The number of amides is 1. The Labute approximate surface area is 101 Å². The van der Waals surface area contributed by atoms with E-state index >= 15 is 0 Å². The van der Waals surface area contributed by atoms with Gasteiger partial charge in [-0.05, 0) is 23.9 Å². The third kappa shape index (κ3) is 3.56. The van der Waals surface area contributed by atoms with Crippen molar-refractivity contribution in [2.75, 3.05) is 0 Å². The molecular formula is C10H11NO5S. The smallest absolute Gasteiger partial charge is 0.326 e. The van der Waals surface area contributed by atoms with Gasteiger partial charge < -0.3 is 15.5 Å². The number of nitrogens with one attached hydrogen (secondary N) is 1. The van der Waals surface area contributed by atoms with Crippen LogP contribution in [0.5, 0.6) is 0 Å². The van der Waals surface area contributed by atoms with Crippen molar-refractivity contribution in [2.24, 2.45) is 0 Å². The van der Waals surface area contributed by atoms with E-state index in [0.717, 1.165) is 5.56 Å². The van der Waals surface area contributed by atoms with Crippen LogP contribution >= 0.6 is 11.3 Å². The number of carboxylic acids is 2. The number of carbonyl (C=O) groups excluding carboxylic acids is 1. The summed E-state index contributed by atoms with van der Waals surface area (Å²) in [5.74, 6) is -3.21. The fourth-order valence-electron chi connectivity index (χ4n) is 1.20. The van der Waals surface area contributed by atoms with Crippen molar-refractivity contribution in [3.8, 4) is 0 Å². The van der Waals surface area contributed by atoms with Crippen LogP contribution in [0.25, 0.3) is 0 Å². The molecule has 6 nitrogen and oxygen atoms in total. The number of carbonyl (C=O) groups is 3. The van der Waals surface area contributed by atoms with E-state index in [1.54, 1.807) is 18.4 Å². The van der Waals surface area contributed by atoms with Gasteiger partial charge in [0.05, 0.1) is 11.3 Å². The first-order valence-corrected chi connectivity index (χ1v) is 5.59. The first kappa shape index (κ1) is 13.2. The second kappa shape index (κ2) is 5.44. The molecule has 3 N–H and O–H groups in total. The number of aliphatic carboxylic acids is 2. The maximum Gasteiger partial charge on any atom is 0.326 e. The zero-order valence-electron chi connectivity index (χ0n) is 8.97. The molecule has 0 bridgehead atoms. The van der Waals surface area contributed by atoms with Gasteiger partial charge in [0.25, 0.3) is 5.91 Å². The molecule has 1 atom stereocenters. The Morgan fingerprint density at radius 2 is 2.06 bits per heavy atom. The van der Waals surface area contributed by atoms with Crippen molar-refractivity contribution >= 4 is 29.2 Å². The Morgan fingerprint density at radius 1 is 1.41 bits per heavy atom. The number of thiophene rings is 1. The van der Waals surface area contributed by atoms with E-state index in [4.69, 9.17) is 10.2 Å². The van der Waals surface area contributed by atoms with Crippen LogP contribution in [0.15, 0.2) is 11.4 Å². The van der Waals surface area contributed by atoms with E-state index < -0.39 is 30.3 Å². The van der Waals surface area contributed by atoms with Gasteiger partial charge in [-0.3, -0.25) is 9.59 Å². The zero-order chi connectivity index (χ0) is 13.0. The highest BCUT2D eigenvalue weighted by molar-refractivity contribution is 7.12. The van der Waals surface area contributed by atoms with Gasteiger partial charge in [0.15, 0.2) is 0 Å². The fourth-order valence-corrected chi connectivity index (χ4v) is 2.03. The molecule has 0 aliphatic carbocycles. The molecular weight excluding hydrogens is 246 g/mol. The van der Waals surface area contributed by atoms with Gasteiger partial charge >= 0.3 is 11.9 Å². The molecule has 0 aliphatic rings. The van der Waals surface area contributed by atoms with E-state index in [9.17, 15) is 14.4 Å². The summed E-state index contributed by atoms with van der Waals surface area (Å²) in [7, 11) is 0. The predicted octanol–water partition coefficient (Wildman–Crippen LogP) is 0.714. The van der Waals surface area contributed by atoms with Gasteiger partial charge in [0.1, 0.15) is 6.04 Å². The average molecular weight is 257 g/mol. The summed E-state index contributed by atoms with van der Waals surface area (Å²) in [6.45, 7) is 1.72. The molecule has 1 aromatic rings. The Balaban J connectivity index is 2.74. The Hall–Kier alpha value is -1.89. The van der Waals surface area contributed by atoms with Crippen LogP contribution in [0.2, 0.25) is 0 Å². The predicted molar refractivity (Wildman–Crippen MR) is 60.2 cm³/mol. The third-order valence-corrected chi connectivity index (χ3v) is 3.07.